The average molecular weight is 253 g/mol. The van der Waals surface area contributed by atoms with Crippen LogP contribution in [0.4, 0.5) is 4.39 Å². The molecule has 0 radical (unpaired) electrons. The summed E-state index contributed by atoms with van der Waals surface area (Å²) in [6.07, 6.45) is 2.52. The molecular weight excluding hydrogens is 233 g/mol. The standard InChI is InChI=1S/C14H20FNO2/c1-11-10-13(15)6-5-12(11)7-8-16-14(18)4-2-3-9-17/h5-6,10,17H,2-4,7-9H2,1H3,(H,16,18). The van der Waals surface area contributed by atoms with Crippen LogP contribution in [0.1, 0.15) is 30.4 Å². The van der Waals surface area contributed by atoms with Crippen molar-refractivity contribution in [1.82, 2.24) is 5.32 Å². The molecule has 0 aliphatic heterocycles. The fraction of sp³-hybridized carbons (Fsp3) is 0.500. The van der Waals surface area contributed by atoms with Gasteiger partial charge in [-0.15, -0.1) is 0 Å². The van der Waals surface area contributed by atoms with Crippen LogP contribution in [0, 0.1) is 12.7 Å². The number of hydrogen-bond donors (Lipinski definition) is 2. The van der Waals surface area contributed by atoms with Crippen LogP contribution >= 0.6 is 0 Å². The normalized spacial score (nSPS) is 10.4. The Bertz CT molecular complexity index is 393. The molecule has 2 N–H and O–H groups in total. The lowest BCUT2D eigenvalue weighted by molar-refractivity contribution is -0.121. The third kappa shape index (κ3) is 5.27. The maximum absolute atomic E-state index is 12.9. The van der Waals surface area contributed by atoms with Gasteiger partial charge < -0.3 is 10.4 Å². The summed E-state index contributed by atoms with van der Waals surface area (Å²) < 4.78 is 12.9. The van der Waals surface area contributed by atoms with E-state index in [0.29, 0.717) is 32.2 Å². The van der Waals surface area contributed by atoms with Crippen LogP contribution in [0.25, 0.3) is 0 Å². The smallest absolute Gasteiger partial charge is 0.220 e. The van der Waals surface area contributed by atoms with Crippen LogP contribution in [-0.2, 0) is 11.2 Å². The van der Waals surface area contributed by atoms with E-state index >= 15 is 0 Å². The Morgan fingerprint density at radius 3 is 2.83 bits per heavy atom. The van der Waals surface area contributed by atoms with Gasteiger partial charge in [0.1, 0.15) is 5.82 Å². The van der Waals surface area contributed by atoms with E-state index in [1.807, 2.05) is 6.92 Å². The van der Waals surface area contributed by atoms with Crippen molar-refractivity contribution < 1.29 is 14.3 Å². The number of aliphatic hydroxyl groups excluding tert-OH is 1. The summed E-state index contributed by atoms with van der Waals surface area (Å²) in [7, 11) is 0. The number of nitrogens with one attached hydrogen (secondary N) is 1. The quantitative estimate of drug-likeness (QED) is 0.730. The number of aryl methyl sites for hydroxylation is 1. The van der Waals surface area contributed by atoms with E-state index in [-0.39, 0.29) is 18.3 Å². The fourth-order valence-electron chi connectivity index (χ4n) is 1.76. The molecule has 0 aliphatic rings. The van der Waals surface area contributed by atoms with E-state index < -0.39 is 0 Å². The first-order valence-corrected chi connectivity index (χ1v) is 6.26. The van der Waals surface area contributed by atoms with Gasteiger partial charge in [0.05, 0.1) is 0 Å². The van der Waals surface area contributed by atoms with Gasteiger partial charge in [0.25, 0.3) is 0 Å². The van der Waals surface area contributed by atoms with E-state index in [2.05, 4.69) is 5.32 Å². The van der Waals surface area contributed by atoms with Gasteiger partial charge in [-0.05, 0) is 49.4 Å². The molecule has 0 spiro atoms. The predicted octanol–water partition coefficient (Wildman–Crippen LogP) is 1.96. The van der Waals surface area contributed by atoms with Gasteiger partial charge in [-0.2, -0.15) is 0 Å². The van der Waals surface area contributed by atoms with Crippen molar-refractivity contribution in [3.8, 4) is 0 Å². The molecule has 0 atom stereocenters. The van der Waals surface area contributed by atoms with E-state index in [4.69, 9.17) is 5.11 Å². The van der Waals surface area contributed by atoms with Gasteiger partial charge in [-0.25, -0.2) is 4.39 Å². The van der Waals surface area contributed by atoms with E-state index in [1.165, 1.54) is 12.1 Å². The number of halogens is 1. The minimum atomic E-state index is -0.232. The maximum atomic E-state index is 12.9. The van der Waals surface area contributed by atoms with Gasteiger partial charge >= 0.3 is 0 Å². The Balaban J connectivity index is 2.26. The summed E-state index contributed by atoms with van der Waals surface area (Å²) in [4.78, 5) is 11.4. The number of hydrogen-bond acceptors (Lipinski definition) is 2. The van der Waals surface area contributed by atoms with E-state index in [9.17, 15) is 9.18 Å². The molecule has 1 aromatic carbocycles. The summed E-state index contributed by atoms with van der Waals surface area (Å²) in [5.41, 5.74) is 1.96. The lowest BCUT2D eigenvalue weighted by Gasteiger charge is -2.07. The zero-order valence-corrected chi connectivity index (χ0v) is 10.7. The maximum Gasteiger partial charge on any atom is 0.220 e. The van der Waals surface area contributed by atoms with Crippen molar-refractivity contribution in [2.45, 2.75) is 32.6 Å². The minimum absolute atomic E-state index is 0.00298. The van der Waals surface area contributed by atoms with Crippen molar-refractivity contribution in [2.75, 3.05) is 13.2 Å². The molecule has 0 aliphatic carbocycles. The van der Waals surface area contributed by atoms with Crippen LogP contribution in [0.3, 0.4) is 0 Å². The van der Waals surface area contributed by atoms with Crippen LogP contribution in [0.5, 0.6) is 0 Å². The first kappa shape index (κ1) is 14.6. The largest absolute Gasteiger partial charge is 0.396 e. The third-order valence-electron chi connectivity index (χ3n) is 2.83. The highest BCUT2D eigenvalue weighted by atomic mass is 19.1. The molecule has 0 fully saturated rings. The molecule has 0 aromatic heterocycles. The molecule has 0 bridgehead atoms. The zero-order valence-electron chi connectivity index (χ0n) is 10.7. The highest BCUT2D eigenvalue weighted by Crippen LogP contribution is 2.10. The molecule has 0 saturated heterocycles. The summed E-state index contributed by atoms with van der Waals surface area (Å²) in [5, 5.41) is 11.4. The van der Waals surface area contributed by atoms with Crippen molar-refractivity contribution in [2.24, 2.45) is 0 Å². The molecule has 0 unspecified atom stereocenters. The summed E-state index contributed by atoms with van der Waals surface area (Å²) >= 11 is 0. The first-order valence-electron chi connectivity index (χ1n) is 6.26. The first-order chi connectivity index (χ1) is 8.63. The predicted molar refractivity (Wildman–Crippen MR) is 68.8 cm³/mol. The fourth-order valence-corrected chi connectivity index (χ4v) is 1.76. The molecule has 1 rings (SSSR count). The van der Waals surface area contributed by atoms with E-state index in [0.717, 1.165) is 11.1 Å². The van der Waals surface area contributed by atoms with Crippen LogP contribution in [-0.4, -0.2) is 24.2 Å². The number of rotatable bonds is 7. The lowest BCUT2D eigenvalue weighted by Crippen LogP contribution is -2.25. The SMILES string of the molecule is Cc1cc(F)ccc1CCNC(=O)CCCCO. The number of carbonyl (C=O) groups excluding carboxylic acids is 1. The molecule has 4 heteroatoms. The highest BCUT2D eigenvalue weighted by molar-refractivity contribution is 5.75. The van der Waals surface area contributed by atoms with Gasteiger partial charge in [0.2, 0.25) is 5.91 Å². The van der Waals surface area contributed by atoms with Gasteiger partial charge in [-0.1, -0.05) is 6.07 Å². The van der Waals surface area contributed by atoms with Crippen molar-refractivity contribution in [3.63, 3.8) is 0 Å². The Morgan fingerprint density at radius 2 is 2.17 bits per heavy atom. The average Bonchev–Trinajstić information content (AvgIpc) is 2.32. The molecule has 100 valence electrons. The van der Waals surface area contributed by atoms with Gasteiger partial charge in [-0.3, -0.25) is 4.79 Å². The second kappa shape index (κ2) is 7.82. The number of benzene rings is 1. The summed E-state index contributed by atoms with van der Waals surface area (Å²) in [6.45, 7) is 2.55. The lowest BCUT2D eigenvalue weighted by atomic mass is 10.1. The van der Waals surface area contributed by atoms with Crippen LogP contribution in [0.2, 0.25) is 0 Å². The van der Waals surface area contributed by atoms with Crippen LogP contribution in [0.15, 0.2) is 18.2 Å². The summed E-state index contributed by atoms with van der Waals surface area (Å²) in [5.74, 6) is -0.229. The van der Waals surface area contributed by atoms with Crippen LogP contribution < -0.4 is 5.32 Å². The molecule has 1 aromatic rings. The molecule has 0 heterocycles. The molecule has 18 heavy (non-hydrogen) atoms. The molecule has 0 saturated carbocycles. The Hall–Kier alpha value is -1.42. The Kier molecular flexibility index (Phi) is 6.36. The van der Waals surface area contributed by atoms with Crippen molar-refractivity contribution in [1.29, 1.82) is 0 Å². The second-order valence-electron chi connectivity index (χ2n) is 4.35. The second-order valence-corrected chi connectivity index (χ2v) is 4.35. The number of amides is 1. The van der Waals surface area contributed by atoms with E-state index in [1.54, 1.807) is 6.07 Å². The number of unbranched alkanes of at least 4 members (excludes halogenated alkanes) is 1. The third-order valence-corrected chi connectivity index (χ3v) is 2.83. The number of carbonyl (C=O) groups is 1. The molecule has 1 amide bonds. The molecular formula is C14H20FNO2. The topological polar surface area (TPSA) is 49.3 Å². The highest BCUT2D eigenvalue weighted by Gasteiger charge is 2.03. The van der Waals surface area contributed by atoms with Gasteiger partial charge in [0.15, 0.2) is 0 Å². The monoisotopic (exact) mass is 253 g/mol. The van der Waals surface area contributed by atoms with Crippen molar-refractivity contribution >= 4 is 5.91 Å². The van der Waals surface area contributed by atoms with Gasteiger partial charge in [0, 0.05) is 19.6 Å². The number of aliphatic hydroxyl groups is 1. The summed E-state index contributed by atoms with van der Waals surface area (Å²) in [6, 6.07) is 4.69. The van der Waals surface area contributed by atoms with Crippen molar-refractivity contribution in [3.05, 3.63) is 35.1 Å². The Morgan fingerprint density at radius 1 is 1.39 bits per heavy atom. The Labute approximate surface area is 107 Å². The minimum Gasteiger partial charge on any atom is -0.396 e. The molecule has 3 nitrogen and oxygen atoms in total. The zero-order chi connectivity index (χ0) is 13.4.